The van der Waals surface area contributed by atoms with Gasteiger partial charge in [0.1, 0.15) is 5.76 Å². The zero-order valence-corrected chi connectivity index (χ0v) is 12.1. The maximum Gasteiger partial charge on any atom is 0.117 e. The summed E-state index contributed by atoms with van der Waals surface area (Å²) in [5, 5.41) is 3.43. The van der Waals surface area contributed by atoms with Crippen molar-refractivity contribution in [2.45, 2.75) is 44.9 Å². The molecule has 0 saturated carbocycles. The number of likely N-dealkylation sites (N-methyl/N-ethyl adjacent to an activating group) is 1. The molecule has 1 aliphatic heterocycles. The number of rotatable bonds is 8. The van der Waals surface area contributed by atoms with E-state index in [1.165, 1.54) is 19.3 Å². The molecule has 0 bridgehead atoms. The standard InChI is InChI=1S/C15H26N2O2/c1-3-8-16-10-13-6-7-15(19-13)12-17(2)11-14-5-4-9-18-14/h4-5,9,13,15-16H,3,6-8,10-12H2,1-2H3. The number of nitrogens with one attached hydrogen (secondary N) is 1. The largest absolute Gasteiger partial charge is 0.468 e. The van der Waals surface area contributed by atoms with E-state index in [1.807, 2.05) is 12.1 Å². The fourth-order valence-corrected chi connectivity index (χ4v) is 2.59. The van der Waals surface area contributed by atoms with Gasteiger partial charge in [-0.2, -0.15) is 0 Å². The van der Waals surface area contributed by atoms with E-state index in [1.54, 1.807) is 6.26 Å². The molecule has 108 valence electrons. The van der Waals surface area contributed by atoms with Gasteiger partial charge >= 0.3 is 0 Å². The first-order chi connectivity index (χ1) is 9.28. The molecule has 1 N–H and O–H groups in total. The smallest absolute Gasteiger partial charge is 0.117 e. The summed E-state index contributed by atoms with van der Waals surface area (Å²) in [6.45, 7) is 6.10. The molecule has 2 heterocycles. The number of hydrogen-bond donors (Lipinski definition) is 1. The molecule has 0 aliphatic carbocycles. The van der Waals surface area contributed by atoms with Crippen molar-refractivity contribution < 1.29 is 9.15 Å². The predicted molar refractivity (Wildman–Crippen MR) is 76.1 cm³/mol. The fraction of sp³-hybridized carbons (Fsp3) is 0.733. The third kappa shape index (κ3) is 4.97. The van der Waals surface area contributed by atoms with Gasteiger partial charge in [-0.05, 0) is 45.0 Å². The zero-order chi connectivity index (χ0) is 13.5. The van der Waals surface area contributed by atoms with Gasteiger partial charge in [-0.3, -0.25) is 4.90 Å². The second-order valence-electron chi connectivity index (χ2n) is 5.44. The summed E-state index contributed by atoms with van der Waals surface area (Å²) in [7, 11) is 2.12. The van der Waals surface area contributed by atoms with E-state index in [9.17, 15) is 0 Å². The van der Waals surface area contributed by atoms with E-state index >= 15 is 0 Å². The molecule has 1 aromatic rings. The van der Waals surface area contributed by atoms with Gasteiger partial charge in [0.25, 0.3) is 0 Å². The second-order valence-corrected chi connectivity index (χ2v) is 5.44. The van der Waals surface area contributed by atoms with E-state index in [0.29, 0.717) is 12.2 Å². The number of ether oxygens (including phenoxy) is 1. The second kappa shape index (κ2) is 7.68. The molecule has 19 heavy (non-hydrogen) atoms. The zero-order valence-electron chi connectivity index (χ0n) is 12.1. The summed E-state index contributed by atoms with van der Waals surface area (Å²) in [6.07, 6.45) is 6.02. The van der Waals surface area contributed by atoms with Gasteiger partial charge in [0.15, 0.2) is 0 Å². The SMILES string of the molecule is CCCNCC1CCC(CN(C)Cc2ccco2)O1. The minimum absolute atomic E-state index is 0.369. The van der Waals surface area contributed by atoms with E-state index in [4.69, 9.17) is 9.15 Å². The molecule has 2 rings (SSSR count). The lowest BCUT2D eigenvalue weighted by Gasteiger charge is -2.20. The summed E-state index contributed by atoms with van der Waals surface area (Å²) >= 11 is 0. The Kier molecular flexibility index (Phi) is 5.89. The summed E-state index contributed by atoms with van der Waals surface area (Å²) in [5.41, 5.74) is 0. The van der Waals surface area contributed by atoms with Crippen molar-refractivity contribution in [3.8, 4) is 0 Å². The van der Waals surface area contributed by atoms with Crippen LogP contribution >= 0.6 is 0 Å². The molecule has 1 fully saturated rings. The Labute approximate surface area is 116 Å². The van der Waals surface area contributed by atoms with Crippen LogP contribution in [0.25, 0.3) is 0 Å². The molecule has 1 aromatic heterocycles. The lowest BCUT2D eigenvalue weighted by Crippen LogP contribution is -2.31. The molecule has 2 unspecified atom stereocenters. The molecule has 4 nitrogen and oxygen atoms in total. The van der Waals surface area contributed by atoms with Crippen molar-refractivity contribution in [3.63, 3.8) is 0 Å². The fourth-order valence-electron chi connectivity index (χ4n) is 2.59. The summed E-state index contributed by atoms with van der Waals surface area (Å²) < 4.78 is 11.4. The van der Waals surface area contributed by atoms with Gasteiger partial charge in [0.05, 0.1) is 25.0 Å². The Morgan fingerprint density at radius 2 is 2.21 bits per heavy atom. The molecule has 1 aliphatic rings. The Bertz CT molecular complexity index is 340. The van der Waals surface area contributed by atoms with Crippen molar-refractivity contribution in [3.05, 3.63) is 24.2 Å². The normalized spacial score (nSPS) is 23.3. The van der Waals surface area contributed by atoms with Crippen LogP contribution in [0, 0.1) is 0 Å². The summed E-state index contributed by atoms with van der Waals surface area (Å²) in [5.74, 6) is 1.02. The van der Waals surface area contributed by atoms with Gasteiger partial charge in [0, 0.05) is 13.1 Å². The highest BCUT2D eigenvalue weighted by molar-refractivity contribution is 4.97. The van der Waals surface area contributed by atoms with E-state index in [0.717, 1.165) is 31.9 Å². The summed E-state index contributed by atoms with van der Waals surface area (Å²) in [6, 6.07) is 3.95. The van der Waals surface area contributed by atoms with Crippen LogP contribution in [-0.4, -0.2) is 43.8 Å². The minimum Gasteiger partial charge on any atom is -0.468 e. The molecule has 1 saturated heterocycles. The molecule has 0 spiro atoms. The van der Waals surface area contributed by atoms with Crippen molar-refractivity contribution >= 4 is 0 Å². The molecule has 0 amide bonds. The first-order valence-electron chi connectivity index (χ1n) is 7.35. The molecule has 0 radical (unpaired) electrons. The maximum atomic E-state index is 6.06. The predicted octanol–water partition coefficient (Wildman–Crippen LogP) is 2.26. The third-order valence-corrected chi connectivity index (χ3v) is 3.52. The van der Waals surface area contributed by atoms with E-state index in [2.05, 4.69) is 24.2 Å². The minimum atomic E-state index is 0.369. The van der Waals surface area contributed by atoms with Crippen LogP contribution in [0.3, 0.4) is 0 Å². The van der Waals surface area contributed by atoms with Crippen LogP contribution in [0.5, 0.6) is 0 Å². The topological polar surface area (TPSA) is 37.6 Å². The van der Waals surface area contributed by atoms with E-state index in [-0.39, 0.29) is 0 Å². The highest BCUT2D eigenvalue weighted by Gasteiger charge is 2.25. The number of hydrogen-bond acceptors (Lipinski definition) is 4. The van der Waals surface area contributed by atoms with Crippen molar-refractivity contribution in [1.82, 2.24) is 10.2 Å². The van der Waals surface area contributed by atoms with Gasteiger partial charge < -0.3 is 14.5 Å². The average Bonchev–Trinajstić information content (AvgIpc) is 3.02. The Hall–Kier alpha value is -0.840. The molecule has 2 atom stereocenters. The van der Waals surface area contributed by atoms with Crippen LogP contribution in [0.2, 0.25) is 0 Å². The van der Waals surface area contributed by atoms with Crippen molar-refractivity contribution in [1.29, 1.82) is 0 Å². The Balaban J connectivity index is 1.64. The first-order valence-corrected chi connectivity index (χ1v) is 7.35. The van der Waals surface area contributed by atoms with E-state index < -0.39 is 0 Å². The quantitative estimate of drug-likeness (QED) is 0.732. The lowest BCUT2D eigenvalue weighted by atomic mass is 10.2. The molecular weight excluding hydrogens is 240 g/mol. The van der Waals surface area contributed by atoms with Crippen LogP contribution < -0.4 is 5.32 Å². The van der Waals surface area contributed by atoms with Crippen LogP contribution in [0.15, 0.2) is 22.8 Å². The molecular formula is C15H26N2O2. The Morgan fingerprint density at radius 1 is 1.37 bits per heavy atom. The maximum absolute atomic E-state index is 6.06. The Morgan fingerprint density at radius 3 is 2.95 bits per heavy atom. The molecule has 0 aromatic carbocycles. The van der Waals surface area contributed by atoms with Crippen LogP contribution in [0.1, 0.15) is 31.9 Å². The highest BCUT2D eigenvalue weighted by atomic mass is 16.5. The average molecular weight is 266 g/mol. The van der Waals surface area contributed by atoms with Crippen LogP contribution in [0.4, 0.5) is 0 Å². The number of furan rings is 1. The van der Waals surface area contributed by atoms with Crippen molar-refractivity contribution in [2.24, 2.45) is 0 Å². The van der Waals surface area contributed by atoms with Gasteiger partial charge in [-0.1, -0.05) is 6.92 Å². The van der Waals surface area contributed by atoms with Crippen LogP contribution in [-0.2, 0) is 11.3 Å². The van der Waals surface area contributed by atoms with Gasteiger partial charge in [-0.25, -0.2) is 0 Å². The van der Waals surface area contributed by atoms with Gasteiger partial charge in [0.2, 0.25) is 0 Å². The highest BCUT2D eigenvalue weighted by Crippen LogP contribution is 2.20. The third-order valence-electron chi connectivity index (χ3n) is 3.52. The monoisotopic (exact) mass is 266 g/mol. The first kappa shape index (κ1) is 14.6. The van der Waals surface area contributed by atoms with Gasteiger partial charge in [-0.15, -0.1) is 0 Å². The lowest BCUT2D eigenvalue weighted by molar-refractivity contribution is 0.0259. The summed E-state index contributed by atoms with van der Waals surface area (Å²) in [4.78, 5) is 2.27. The molecule has 4 heteroatoms. The van der Waals surface area contributed by atoms with Crippen molar-refractivity contribution in [2.75, 3.05) is 26.7 Å². The number of nitrogens with zero attached hydrogens (tertiary/aromatic N) is 1.